The molecule has 0 saturated carbocycles. The van der Waals surface area contributed by atoms with Crippen molar-refractivity contribution in [3.05, 3.63) is 72.1 Å². The maximum atomic E-state index is 12.3. The number of carbonyl (C=O) groups excluding carboxylic acids is 2. The number of nitrogens with zero attached hydrogens (tertiary/aromatic N) is 1. The van der Waals surface area contributed by atoms with E-state index in [1.165, 1.54) is 12.0 Å². The van der Waals surface area contributed by atoms with Gasteiger partial charge in [0.25, 0.3) is 0 Å². The van der Waals surface area contributed by atoms with E-state index in [0.29, 0.717) is 13.0 Å². The highest BCUT2D eigenvalue weighted by atomic mass is 16.5. The summed E-state index contributed by atoms with van der Waals surface area (Å²) in [6.07, 6.45) is 2.16. The molecule has 2 amide bonds. The lowest BCUT2D eigenvalue weighted by Crippen LogP contribution is -2.36. The molecule has 2 N–H and O–H groups in total. The van der Waals surface area contributed by atoms with Gasteiger partial charge in [-0.15, -0.1) is 0 Å². The third-order valence-corrected chi connectivity index (χ3v) is 3.91. The quantitative estimate of drug-likeness (QED) is 0.616. The normalized spacial score (nSPS) is 10.4. The van der Waals surface area contributed by atoms with E-state index in [1.54, 1.807) is 6.42 Å². The lowest BCUT2D eigenvalue weighted by atomic mass is 10.1. The summed E-state index contributed by atoms with van der Waals surface area (Å²) in [5.74, 6) is 0.133. The van der Waals surface area contributed by atoms with Gasteiger partial charge in [0.2, 0.25) is 11.8 Å². The van der Waals surface area contributed by atoms with E-state index < -0.39 is 5.91 Å². The number of methoxy groups -OCH3 is 1. The molecule has 0 aliphatic rings. The molecule has 0 unspecified atom stereocenters. The molecular weight excluding hydrogens is 344 g/mol. The molecule has 0 aromatic heterocycles. The summed E-state index contributed by atoms with van der Waals surface area (Å²) in [5, 5.41) is 0. The van der Waals surface area contributed by atoms with Gasteiger partial charge in [-0.05, 0) is 29.7 Å². The van der Waals surface area contributed by atoms with Crippen LogP contribution in [0.15, 0.2) is 54.6 Å². The largest absolute Gasteiger partial charge is 0.489 e. The van der Waals surface area contributed by atoms with Crippen molar-refractivity contribution in [2.75, 3.05) is 20.4 Å². The second-order valence-electron chi connectivity index (χ2n) is 6.06. The van der Waals surface area contributed by atoms with Gasteiger partial charge in [-0.2, -0.15) is 0 Å². The minimum Gasteiger partial charge on any atom is -0.489 e. The Kier molecular flexibility index (Phi) is 8.32. The molecule has 143 valence electrons. The second-order valence-corrected chi connectivity index (χ2v) is 6.06. The van der Waals surface area contributed by atoms with Crippen LogP contribution in [-0.4, -0.2) is 37.1 Å². The number of amides is 2. The summed E-state index contributed by atoms with van der Waals surface area (Å²) < 4.78 is 10.8. The van der Waals surface area contributed by atoms with Crippen molar-refractivity contribution in [3.63, 3.8) is 0 Å². The molecule has 0 bridgehead atoms. The van der Waals surface area contributed by atoms with Crippen LogP contribution in [0.5, 0.6) is 5.75 Å². The van der Waals surface area contributed by atoms with Crippen molar-refractivity contribution in [1.29, 1.82) is 0 Å². The zero-order chi connectivity index (χ0) is 19.5. The van der Waals surface area contributed by atoms with Gasteiger partial charge < -0.3 is 20.1 Å². The summed E-state index contributed by atoms with van der Waals surface area (Å²) in [7, 11) is 1.50. The Hall–Kier alpha value is -2.86. The van der Waals surface area contributed by atoms with E-state index in [4.69, 9.17) is 15.2 Å². The first-order valence-corrected chi connectivity index (χ1v) is 8.73. The molecule has 2 aromatic carbocycles. The molecule has 2 aromatic rings. The highest BCUT2D eigenvalue weighted by Gasteiger charge is 2.14. The number of hydrogen-bond donors (Lipinski definition) is 1. The van der Waals surface area contributed by atoms with Gasteiger partial charge in [-0.1, -0.05) is 42.5 Å². The predicted molar refractivity (Wildman–Crippen MR) is 103 cm³/mol. The van der Waals surface area contributed by atoms with Crippen LogP contribution in [0.4, 0.5) is 0 Å². The van der Waals surface area contributed by atoms with Gasteiger partial charge in [-0.3, -0.25) is 9.59 Å². The minimum atomic E-state index is -0.449. The lowest BCUT2D eigenvalue weighted by molar-refractivity contribution is -0.132. The number of carbonyl (C=O) groups is 2. The zero-order valence-electron chi connectivity index (χ0n) is 15.5. The summed E-state index contributed by atoms with van der Waals surface area (Å²) in [6.45, 7) is 0.871. The molecule has 0 aliphatic heterocycles. The molecule has 0 saturated heterocycles. The van der Waals surface area contributed by atoms with Crippen LogP contribution < -0.4 is 10.5 Å². The van der Waals surface area contributed by atoms with Gasteiger partial charge in [0.1, 0.15) is 19.1 Å². The molecular formula is C21H25N2O4. The van der Waals surface area contributed by atoms with Crippen LogP contribution in [-0.2, 0) is 27.4 Å². The third kappa shape index (κ3) is 7.50. The van der Waals surface area contributed by atoms with Crippen molar-refractivity contribution in [2.24, 2.45) is 5.73 Å². The predicted octanol–water partition coefficient (Wildman–Crippen LogP) is 2.32. The monoisotopic (exact) mass is 369 g/mol. The van der Waals surface area contributed by atoms with E-state index in [2.05, 4.69) is 0 Å². The molecule has 1 radical (unpaired) electrons. The van der Waals surface area contributed by atoms with E-state index in [0.717, 1.165) is 16.9 Å². The number of rotatable bonds is 11. The number of benzene rings is 2. The van der Waals surface area contributed by atoms with Crippen molar-refractivity contribution in [2.45, 2.75) is 19.4 Å². The van der Waals surface area contributed by atoms with Crippen molar-refractivity contribution < 1.29 is 19.1 Å². The first-order chi connectivity index (χ1) is 13.1. The fraction of sp³-hybridized carbons (Fsp3) is 0.286. The highest BCUT2D eigenvalue weighted by molar-refractivity contribution is 5.85. The first-order valence-electron chi connectivity index (χ1n) is 8.73. The molecule has 2 rings (SSSR count). The molecule has 6 nitrogen and oxygen atoms in total. The summed E-state index contributed by atoms with van der Waals surface area (Å²) in [5.41, 5.74) is 7.23. The second kappa shape index (κ2) is 11.0. The fourth-order valence-electron chi connectivity index (χ4n) is 2.44. The van der Waals surface area contributed by atoms with Crippen LogP contribution >= 0.6 is 0 Å². The highest BCUT2D eigenvalue weighted by Crippen LogP contribution is 2.15. The van der Waals surface area contributed by atoms with E-state index in [1.807, 2.05) is 54.6 Å². The van der Waals surface area contributed by atoms with Crippen molar-refractivity contribution in [3.8, 4) is 5.75 Å². The van der Waals surface area contributed by atoms with Gasteiger partial charge >= 0.3 is 0 Å². The Morgan fingerprint density at radius 1 is 1.04 bits per heavy atom. The Morgan fingerprint density at radius 3 is 2.37 bits per heavy atom. The van der Waals surface area contributed by atoms with E-state index >= 15 is 0 Å². The number of ether oxygens (including phenoxy) is 2. The fourth-order valence-corrected chi connectivity index (χ4v) is 2.44. The maximum Gasteiger partial charge on any atom is 0.228 e. The standard InChI is InChI=1S/C21H25N2O4/c1-26-16-23(14-13-20(22)24)21(25)12-9-17-7-10-19(11-8-17)27-15-18-5-3-2-4-6-18/h2-8,10-12H,9,13-16H2,1H3,(H2,22,24). The molecule has 0 aliphatic carbocycles. The summed E-state index contributed by atoms with van der Waals surface area (Å²) in [6, 6.07) is 17.6. The summed E-state index contributed by atoms with van der Waals surface area (Å²) in [4.78, 5) is 24.6. The Morgan fingerprint density at radius 2 is 1.74 bits per heavy atom. The van der Waals surface area contributed by atoms with E-state index in [9.17, 15) is 9.59 Å². The van der Waals surface area contributed by atoms with Crippen LogP contribution in [0.1, 0.15) is 17.5 Å². The first kappa shape index (κ1) is 20.5. The van der Waals surface area contributed by atoms with Crippen LogP contribution in [0, 0.1) is 6.42 Å². The third-order valence-electron chi connectivity index (χ3n) is 3.91. The average molecular weight is 369 g/mol. The van der Waals surface area contributed by atoms with E-state index in [-0.39, 0.29) is 25.6 Å². The SMILES string of the molecule is COCN(CCC(N)=O)C(=O)[CH]Cc1ccc(OCc2ccccc2)cc1. The molecule has 6 heteroatoms. The molecule has 0 fully saturated rings. The number of primary amides is 1. The van der Waals surface area contributed by atoms with Crippen molar-refractivity contribution in [1.82, 2.24) is 4.90 Å². The van der Waals surface area contributed by atoms with Gasteiger partial charge in [0.05, 0.1) is 6.42 Å². The number of nitrogens with two attached hydrogens (primary N) is 1. The minimum absolute atomic E-state index is 0.108. The Balaban J connectivity index is 1.80. The van der Waals surface area contributed by atoms with Crippen molar-refractivity contribution >= 4 is 11.8 Å². The molecule has 27 heavy (non-hydrogen) atoms. The molecule has 0 spiro atoms. The maximum absolute atomic E-state index is 12.3. The molecule has 0 heterocycles. The van der Waals surface area contributed by atoms with Gasteiger partial charge in [0, 0.05) is 20.1 Å². The average Bonchev–Trinajstić information content (AvgIpc) is 2.69. The van der Waals surface area contributed by atoms with Gasteiger partial charge in [-0.25, -0.2) is 0 Å². The zero-order valence-corrected chi connectivity index (χ0v) is 15.5. The van der Waals surface area contributed by atoms with Gasteiger partial charge in [0.15, 0.2) is 0 Å². The van der Waals surface area contributed by atoms with Crippen LogP contribution in [0.25, 0.3) is 0 Å². The summed E-state index contributed by atoms with van der Waals surface area (Å²) >= 11 is 0. The Bertz CT molecular complexity index is 717. The lowest BCUT2D eigenvalue weighted by Gasteiger charge is -2.20. The van der Waals surface area contributed by atoms with Crippen LogP contribution in [0.3, 0.4) is 0 Å². The van der Waals surface area contributed by atoms with Crippen LogP contribution in [0.2, 0.25) is 0 Å². The number of hydrogen-bond acceptors (Lipinski definition) is 4. The topological polar surface area (TPSA) is 81.9 Å². The molecule has 0 atom stereocenters. The smallest absolute Gasteiger partial charge is 0.228 e. The Labute approximate surface area is 159 Å².